The van der Waals surface area contributed by atoms with Gasteiger partial charge in [-0.1, -0.05) is 11.2 Å². The number of aliphatic imine (C=N–C) groups is 1. The second-order valence-corrected chi connectivity index (χ2v) is 5.58. The summed E-state index contributed by atoms with van der Waals surface area (Å²) >= 11 is 0. The maximum absolute atomic E-state index is 13.8. The zero-order chi connectivity index (χ0) is 17.7. The van der Waals surface area contributed by atoms with E-state index in [1.807, 2.05) is 13.8 Å². The Morgan fingerprint density at radius 1 is 1.32 bits per heavy atom. The largest absolute Gasteiger partial charge is 0.361 e. The van der Waals surface area contributed by atoms with Gasteiger partial charge in [0.05, 0.1) is 11.7 Å². The molecule has 1 aromatic carbocycles. The average Bonchev–Trinajstić information content (AvgIpc) is 2.85. The van der Waals surface area contributed by atoms with Gasteiger partial charge in [0.25, 0.3) is 0 Å². The lowest BCUT2D eigenvalue weighted by atomic mass is 10.1. The van der Waals surface area contributed by atoms with Crippen LogP contribution >= 0.6 is 24.0 Å². The number of halogens is 3. The van der Waals surface area contributed by atoms with Crippen LogP contribution in [0.25, 0.3) is 0 Å². The molecule has 0 radical (unpaired) electrons. The summed E-state index contributed by atoms with van der Waals surface area (Å²) in [5.41, 5.74) is 2.32. The lowest BCUT2D eigenvalue weighted by Crippen LogP contribution is -2.39. The SMILES string of the molecule is CN=C(NCCc1c(C)noc1C)NC(C)c1ccc(F)cc1F.I. The van der Waals surface area contributed by atoms with Crippen molar-refractivity contribution in [2.75, 3.05) is 13.6 Å². The van der Waals surface area contributed by atoms with Gasteiger partial charge in [-0.15, -0.1) is 24.0 Å². The van der Waals surface area contributed by atoms with E-state index in [1.165, 1.54) is 12.1 Å². The van der Waals surface area contributed by atoms with Crippen LogP contribution in [0, 0.1) is 25.5 Å². The Balaban J connectivity index is 0.00000312. The fraction of sp³-hybridized carbons (Fsp3) is 0.412. The first-order chi connectivity index (χ1) is 11.4. The second kappa shape index (κ2) is 9.69. The minimum Gasteiger partial charge on any atom is -0.361 e. The van der Waals surface area contributed by atoms with Crippen molar-refractivity contribution in [3.05, 3.63) is 52.4 Å². The summed E-state index contributed by atoms with van der Waals surface area (Å²) in [6, 6.07) is 3.20. The van der Waals surface area contributed by atoms with Crippen molar-refractivity contribution >= 4 is 29.9 Å². The van der Waals surface area contributed by atoms with E-state index < -0.39 is 11.6 Å². The number of nitrogens with one attached hydrogen (secondary N) is 2. The number of aromatic nitrogens is 1. The lowest BCUT2D eigenvalue weighted by molar-refractivity contribution is 0.392. The normalized spacial score (nSPS) is 12.5. The molecule has 8 heteroatoms. The molecule has 0 spiro atoms. The van der Waals surface area contributed by atoms with E-state index >= 15 is 0 Å². The van der Waals surface area contributed by atoms with E-state index in [4.69, 9.17) is 4.52 Å². The van der Waals surface area contributed by atoms with Crippen LogP contribution in [0.1, 0.15) is 35.5 Å². The van der Waals surface area contributed by atoms with Crippen LogP contribution in [-0.4, -0.2) is 24.7 Å². The monoisotopic (exact) mass is 464 g/mol. The van der Waals surface area contributed by atoms with Gasteiger partial charge in [0.1, 0.15) is 17.4 Å². The van der Waals surface area contributed by atoms with E-state index in [0.717, 1.165) is 29.5 Å². The Morgan fingerprint density at radius 2 is 2.04 bits per heavy atom. The molecule has 1 heterocycles. The van der Waals surface area contributed by atoms with Crippen LogP contribution in [0.4, 0.5) is 8.78 Å². The van der Waals surface area contributed by atoms with E-state index in [2.05, 4.69) is 20.8 Å². The Bertz CT molecular complexity index is 714. The van der Waals surface area contributed by atoms with Crippen molar-refractivity contribution in [3.63, 3.8) is 0 Å². The molecule has 0 aliphatic carbocycles. The van der Waals surface area contributed by atoms with Gasteiger partial charge in [0.2, 0.25) is 0 Å². The van der Waals surface area contributed by atoms with Crippen molar-refractivity contribution in [1.29, 1.82) is 0 Å². The quantitative estimate of drug-likeness (QED) is 0.403. The van der Waals surface area contributed by atoms with E-state index in [9.17, 15) is 8.78 Å². The predicted molar refractivity (Wildman–Crippen MR) is 104 cm³/mol. The number of hydrogen-bond acceptors (Lipinski definition) is 3. The molecule has 2 rings (SSSR count). The third-order valence-corrected chi connectivity index (χ3v) is 3.85. The molecule has 138 valence electrons. The van der Waals surface area contributed by atoms with Gasteiger partial charge in [-0.2, -0.15) is 0 Å². The van der Waals surface area contributed by atoms with Crippen LogP contribution in [0.5, 0.6) is 0 Å². The molecule has 0 amide bonds. The van der Waals surface area contributed by atoms with Crippen LogP contribution in [0.3, 0.4) is 0 Å². The molecule has 0 fully saturated rings. The molecule has 1 unspecified atom stereocenters. The Hall–Kier alpha value is -1.71. The number of benzene rings is 1. The minimum absolute atomic E-state index is 0. The second-order valence-electron chi connectivity index (χ2n) is 5.58. The number of nitrogens with zero attached hydrogens (tertiary/aromatic N) is 2. The highest BCUT2D eigenvalue weighted by Crippen LogP contribution is 2.17. The molecule has 0 aliphatic heterocycles. The molecule has 1 aromatic heterocycles. The topological polar surface area (TPSA) is 62.5 Å². The van der Waals surface area contributed by atoms with E-state index in [1.54, 1.807) is 14.0 Å². The standard InChI is InChI=1S/C17H22F2N4O.HI/c1-10(15-6-5-13(18)9-16(15)19)22-17(20-4)21-8-7-14-11(2)23-24-12(14)3;/h5-6,9-10H,7-8H2,1-4H3,(H2,20,21,22);1H. The summed E-state index contributed by atoms with van der Waals surface area (Å²) in [5, 5.41) is 10.2. The number of aryl methyl sites for hydroxylation is 2. The molecule has 1 atom stereocenters. The Labute approximate surface area is 163 Å². The third-order valence-electron chi connectivity index (χ3n) is 3.85. The summed E-state index contributed by atoms with van der Waals surface area (Å²) in [4.78, 5) is 4.12. The summed E-state index contributed by atoms with van der Waals surface area (Å²) < 4.78 is 31.9. The maximum atomic E-state index is 13.8. The fourth-order valence-corrected chi connectivity index (χ4v) is 2.49. The molecular weight excluding hydrogens is 441 g/mol. The lowest BCUT2D eigenvalue weighted by Gasteiger charge is -2.18. The van der Waals surface area contributed by atoms with Crippen molar-refractivity contribution in [2.24, 2.45) is 4.99 Å². The van der Waals surface area contributed by atoms with Gasteiger partial charge in [0, 0.05) is 30.8 Å². The fourth-order valence-electron chi connectivity index (χ4n) is 2.49. The first kappa shape index (κ1) is 21.3. The zero-order valence-electron chi connectivity index (χ0n) is 14.7. The van der Waals surface area contributed by atoms with Gasteiger partial charge < -0.3 is 15.2 Å². The molecule has 0 bridgehead atoms. The maximum Gasteiger partial charge on any atom is 0.191 e. The molecule has 25 heavy (non-hydrogen) atoms. The first-order valence-corrected chi connectivity index (χ1v) is 7.76. The van der Waals surface area contributed by atoms with Crippen LogP contribution in [0.15, 0.2) is 27.7 Å². The van der Waals surface area contributed by atoms with Crippen LogP contribution in [0.2, 0.25) is 0 Å². The van der Waals surface area contributed by atoms with Crippen LogP contribution < -0.4 is 10.6 Å². The molecule has 0 saturated carbocycles. The van der Waals surface area contributed by atoms with E-state index in [0.29, 0.717) is 18.1 Å². The minimum atomic E-state index is -0.592. The van der Waals surface area contributed by atoms with Crippen molar-refractivity contribution in [1.82, 2.24) is 15.8 Å². The molecule has 0 saturated heterocycles. The average molecular weight is 464 g/mol. The van der Waals surface area contributed by atoms with Gasteiger partial charge in [-0.05, 0) is 33.3 Å². The molecule has 0 aliphatic rings. The first-order valence-electron chi connectivity index (χ1n) is 7.76. The van der Waals surface area contributed by atoms with Crippen molar-refractivity contribution < 1.29 is 13.3 Å². The Kier molecular flexibility index (Phi) is 8.27. The highest BCUT2D eigenvalue weighted by atomic mass is 127. The highest BCUT2D eigenvalue weighted by Gasteiger charge is 2.14. The summed E-state index contributed by atoms with van der Waals surface area (Å²) in [7, 11) is 1.64. The number of hydrogen-bond donors (Lipinski definition) is 2. The smallest absolute Gasteiger partial charge is 0.191 e. The molecule has 2 N–H and O–H groups in total. The summed E-state index contributed by atoms with van der Waals surface area (Å²) in [6.45, 7) is 6.19. The molecule has 2 aromatic rings. The van der Waals surface area contributed by atoms with Crippen molar-refractivity contribution in [2.45, 2.75) is 33.2 Å². The zero-order valence-corrected chi connectivity index (χ0v) is 17.0. The van der Waals surface area contributed by atoms with Gasteiger partial charge >= 0.3 is 0 Å². The number of rotatable bonds is 5. The van der Waals surface area contributed by atoms with Crippen LogP contribution in [-0.2, 0) is 6.42 Å². The van der Waals surface area contributed by atoms with Gasteiger partial charge in [-0.3, -0.25) is 4.99 Å². The predicted octanol–water partition coefficient (Wildman–Crippen LogP) is 3.66. The van der Waals surface area contributed by atoms with Crippen molar-refractivity contribution in [3.8, 4) is 0 Å². The van der Waals surface area contributed by atoms with E-state index in [-0.39, 0.29) is 30.0 Å². The third kappa shape index (κ3) is 5.65. The summed E-state index contributed by atoms with van der Waals surface area (Å²) in [5.74, 6) is 0.170. The molecular formula is C17H23F2IN4O. The van der Waals surface area contributed by atoms with Gasteiger partial charge in [-0.25, -0.2) is 8.78 Å². The summed E-state index contributed by atoms with van der Waals surface area (Å²) in [6.07, 6.45) is 0.737. The highest BCUT2D eigenvalue weighted by molar-refractivity contribution is 14.0. The number of guanidine groups is 1. The van der Waals surface area contributed by atoms with Gasteiger partial charge in [0.15, 0.2) is 5.96 Å². The Morgan fingerprint density at radius 3 is 2.60 bits per heavy atom. The molecule has 5 nitrogen and oxygen atoms in total.